The van der Waals surface area contributed by atoms with Gasteiger partial charge >= 0.3 is 0 Å². The van der Waals surface area contributed by atoms with Gasteiger partial charge < -0.3 is 5.32 Å². The van der Waals surface area contributed by atoms with Gasteiger partial charge in [0.05, 0.1) is 18.1 Å². The van der Waals surface area contributed by atoms with E-state index < -0.39 is 0 Å². The molecule has 2 rings (SSSR count). The summed E-state index contributed by atoms with van der Waals surface area (Å²) in [5, 5.41) is 11.3. The molecule has 0 spiro atoms. The maximum atomic E-state index is 11.8. The highest BCUT2D eigenvalue weighted by Gasteiger charge is 2.05. The van der Waals surface area contributed by atoms with Crippen LogP contribution in [0.2, 0.25) is 0 Å². The monoisotopic (exact) mass is 238 g/mol. The predicted octanol–water partition coefficient (Wildman–Crippen LogP) is 1.79. The van der Waals surface area contributed by atoms with Crippen LogP contribution in [0.4, 0.5) is 5.69 Å². The molecule has 0 bridgehead atoms. The highest BCUT2D eigenvalue weighted by atomic mass is 16.1. The second-order valence-electron chi connectivity index (χ2n) is 3.61. The molecule has 0 aliphatic carbocycles. The van der Waals surface area contributed by atoms with Gasteiger partial charge in [0.15, 0.2) is 0 Å². The third kappa shape index (κ3) is 2.89. The topological polar surface area (TPSA) is 78.7 Å². The van der Waals surface area contributed by atoms with Crippen LogP contribution in [0.25, 0.3) is 0 Å². The Balaban J connectivity index is 2.06. The van der Waals surface area contributed by atoms with Gasteiger partial charge in [-0.2, -0.15) is 5.26 Å². The van der Waals surface area contributed by atoms with E-state index in [1.807, 2.05) is 0 Å². The average molecular weight is 238 g/mol. The quantitative estimate of drug-likeness (QED) is 0.884. The molecule has 0 radical (unpaired) electrons. The summed E-state index contributed by atoms with van der Waals surface area (Å²) in [6, 6.07) is 9.19. The Bertz CT molecular complexity index is 572. The summed E-state index contributed by atoms with van der Waals surface area (Å²) in [7, 11) is 0. The van der Waals surface area contributed by atoms with Crippen molar-refractivity contribution in [2.45, 2.75) is 6.42 Å². The number of carbonyl (C=O) groups is 1. The van der Waals surface area contributed by atoms with E-state index in [0.29, 0.717) is 17.7 Å². The standard InChI is InChI=1S/C13H10N4O/c14-6-5-10-1-3-12(4-2-10)17-13(18)11-7-15-9-16-8-11/h1-4,7-9H,5H2,(H,17,18). The van der Waals surface area contributed by atoms with Gasteiger partial charge in [-0.15, -0.1) is 0 Å². The average Bonchev–Trinajstić information content (AvgIpc) is 2.42. The van der Waals surface area contributed by atoms with Crippen LogP contribution >= 0.6 is 0 Å². The van der Waals surface area contributed by atoms with Crippen LogP contribution in [0.5, 0.6) is 0 Å². The number of aromatic nitrogens is 2. The van der Waals surface area contributed by atoms with E-state index in [0.717, 1.165) is 5.56 Å². The molecule has 5 nitrogen and oxygen atoms in total. The SMILES string of the molecule is N#CCc1ccc(NC(=O)c2cncnc2)cc1. The smallest absolute Gasteiger partial charge is 0.258 e. The van der Waals surface area contributed by atoms with Crippen LogP contribution in [0.15, 0.2) is 43.0 Å². The number of hydrogen-bond acceptors (Lipinski definition) is 4. The van der Waals surface area contributed by atoms with Crippen molar-refractivity contribution < 1.29 is 4.79 Å². The lowest BCUT2D eigenvalue weighted by Gasteiger charge is -2.04. The Morgan fingerprint density at radius 2 is 1.89 bits per heavy atom. The number of nitrogens with one attached hydrogen (secondary N) is 1. The summed E-state index contributed by atoms with van der Waals surface area (Å²) in [6.07, 6.45) is 4.63. The first kappa shape index (κ1) is 11.7. The molecular weight excluding hydrogens is 228 g/mol. The number of nitriles is 1. The summed E-state index contributed by atoms with van der Waals surface area (Å²) < 4.78 is 0. The fraction of sp³-hybridized carbons (Fsp3) is 0.0769. The summed E-state index contributed by atoms with van der Waals surface area (Å²) in [6.45, 7) is 0. The van der Waals surface area contributed by atoms with Crippen molar-refractivity contribution >= 4 is 11.6 Å². The molecule has 0 fully saturated rings. The predicted molar refractivity (Wildman–Crippen MR) is 65.7 cm³/mol. The van der Waals surface area contributed by atoms with Gasteiger partial charge in [0.1, 0.15) is 6.33 Å². The van der Waals surface area contributed by atoms with Gasteiger partial charge in [0.25, 0.3) is 5.91 Å². The van der Waals surface area contributed by atoms with E-state index in [1.165, 1.54) is 18.7 Å². The van der Waals surface area contributed by atoms with Crippen LogP contribution in [0.1, 0.15) is 15.9 Å². The van der Waals surface area contributed by atoms with Crippen LogP contribution in [-0.4, -0.2) is 15.9 Å². The number of carbonyl (C=O) groups excluding carboxylic acids is 1. The summed E-state index contributed by atoms with van der Waals surface area (Å²) in [5.74, 6) is -0.261. The molecule has 0 saturated heterocycles. The molecule has 0 aliphatic heterocycles. The van der Waals surface area contributed by atoms with Gasteiger partial charge in [-0.3, -0.25) is 4.79 Å². The molecule has 1 N–H and O–H groups in total. The highest BCUT2D eigenvalue weighted by molar-refractivity contribution is 6.03. The van der Waals surface area contributed by atoms with Crippen molar-refractivity contribution in [1.29, 1.82) is 5.26 Å². The number of hydrogen-bond donors (Lipinski definition) is 1. The second-order valence-corrected chi connectivity index (χ2v) is 3.61. The fourth-order valence-electron chi connectivity index (χ4n) is 1.42. The molecule has 1 amide bonds. The Hall–Kier alpha value is -2.74. The molecule has 1 aromatic heterocycles. The van der Waals surface area contributed by atoms with E-state index in [4.69, 9.17) is 5.26 Å². The number of nitrogens with zero attached hydrogens (tertiary/aromatic N) is 3. The van der Waals surface area contributed by atoms with Gasteiger partial charge in [-0.25, -0.2) is 9.97 Å². The molecule has 0 saturated carbocycles. The van der Waals surface area contributed by atoms with Crippen molar-refractivity contribution in [3.05, 3.63) is 54.1 Å². The maximum Gasteiger partial charge on any atom is 0.258 e. The zero-order valence-electron chi connectivity index (χ0n) is 9.50. The van der Waals surface area contributed by atoms with Crippen LogP contribution in [0.3, 0.4) is 0 Å². The third-order valence-electron chi connectivity index (χ3n) is 2.32. The van der Waals surface area contributed by atoms with Gasteiger partial charge in [-0.05, 0) is 17.7 Å². The molecule has 1 heterocycles. The van der Waals surface area contributed by atoms with Crippen molar-refractivity contribution in [2.24, 2.45) is 0 Å². The van der Waals surface area contributed by atoms with E-state index in [2.05, 4.69) is 21.4 Å². The lowest BCUT2D eigenvalue weighted by atomic mass is 10.1. The molecule has 0 atom stereocenters. The zero-order chi connectivity index (χ0) is 12.8. The molecule has 5 heteroatoms. The zero-order valence-corrected chi connectivity index (χ0v) is 9.50. The molecule has 1 aromatic carbocycles. The summed E-state index contributed by atoms with van der Waals surface area (Å²) in [4.78, 5) is 19.3. The van der Waals surface area contributed by atoms with E-state index in [1.54, 1.807) is 24.3 Å². The fourth-order valence-corrected chi connectivity index (χ4v) is 1.42. The molecule has 88 valence electrons. The van der Waals surface area contributed by atoms with Crippen molar-refractivity contribution in [3.8, 4) is 6.07 Å². The first-order chi connectivity index (χ1) is 8.79. The second kappa shape index (κ2) is 5.55. The van der Waals surface area contributed by atoms with Crippen LogP contribution in [0, 0.1) is 11.3 Å². The summed E-state index contributed by atoms with van der Waals surface area (Å²) in [5.41, 5.74) is 1.99. The Morgan fingerprint density at radius 3 is 2.50 bits per heavy atom. The van der Waals surface area contributed by atoms with E-state index in [9.17, 15) is 4.79 Å². The first-order valence-electron chi connectivity index (χ1n) is 5.32. The van der Waals surface area contributed by atoms with Gasteiger partial charge in [0.2, 0.25) is 0 Å². The largest absolute Gasteiger partial charge is 0.322 e. The molecule has 0 aliphatic rings. The molecular formula is C13H10N4O. The minimum atomic E-state index is -0.261. The Morgan fingerprint density at radius 1 is 1.22 bits per heavy atom. The molecule has 18 heavy (non-hydrogen) atoms. The maximum absolute atomic E-state index is 11.8. The Labute approximate surface area is 104 Å². The Kier molecular flexibility index (Phi) is 3.62. The van der Waals surface area contributed by atoms with Gasteiger partial charge in [-0.1, -0.05) is 12.1 Å². The third-order valence-corrected chi connectivity index (χ3v) is 2.32. The first-order valence-corrected chi connectivity index (χ1v) is 5.32. The number of amides is 1. The normalized spacial score (nSPS) is 9.50. The number of rotatable bonds is 3. The van der Waals surface area contributed by atoms with Crippen LogP contribution < -0.4 is 5.32 Å². The minimum absolute atomic E-state index is 0.261. The van der Waals surface area contributed by atoms with Crippen molar-refractivity contribution in [2.75, 3.05) is 5.32 Å². The number of benzene rings is 1. The lowest BCUT2D eigenvalue weighted by molar-refractivity contribution is 0.102. The van der Waals surface area contributed by atoms with Crippen molar-refractivity contribution in [3.63, 3.8) is 0 Å². The minimum Gasteiger partial charge on any atom is -0.322 e. The van der Waals surface area contributed by atoms with E-state index >= 15 is 0 Å². The number of anilines is 1. The molecule has 2 aromatic rings. The summed E-state index contributed by atoms with van der Waals surface area (Å²) >= 11 is 0. The van der Waals surface area contributed by atoms with Crippen LogP contribution in [-0.2, 0) is 6.42 Å². The lowest BCUT2D eigenvalue weighted by Crippen LogP contribution is -2.12. The molecule has 0 unspecified atom stereocenters. The van der Waals surface area contributed by atoms with Crippen molar-refractivity contribution in [1.82, 2.24) is 9.97 Å². The van der Waals surface area contributed by atoms with Gasteiger partial charge in [0, 0.05) is 18.1 Å². The highest BCUT2D eigenvalue weighted by Crippen LogP contribution is 2.11. The van der Waals surface area contributed by atoms with E-state index in [-0.39, 0.29) is 5.91 Å².